The van der Waals surface area contributed by atoms with Gasteiger partial charge in [-0.3, -0.25) is 0 Å². The van der Waals surface area contributed by atoms with Crippen molar-refractivity contribution in [2.75, 3.05) is 18.5 Å². The van der Waals surface area contributed by atoms with Gasteiger partial charge in [0.1, 0.15) is 0 Å². The van der Waals surface area contributed by atoms with Gasteiger partial charge in [0.2, 0.25) is 0 Å². The Morgan fingerprint density at radius 1 is 1.17 bits per heavy atom. The highest BCUT2D eigenvalue weighted by Gasteiger charge is 2.11. The molecule has 0 unspecified atom stereocenters. The van der Waals surface area contributed by atoms with E-state index in [2.05, 4.69) is 27.6 Å². The Morgan fingerprint density at radius 3 is 2.66 bits per heavy atom. The molecule has 2 aromatic heterocycles. The van der Waals surface area contributed by atoms with Crippen LogP contribution in [-0.4, -0.2) is 39.9 Å². The van der Waals surface area contributed by atoms with E-state index in [4.69, 9.17) is 4.74 Å². The molecule has 0 atom stereocenters. The number of ether oxygens (including phenoxy) is 1. The Hall–Kier alpha value is -3.20. The van der Waals surface area contributed by atoms with Crippen molar-refractivity contribution in [2.24, 2.45) is 0 Å². The quantitative estimate of drug-likeness (QED) is 0.551. The van der Waals surface area contributed by atoms with Crippen molar-refractivity contribution < 1.29 is 14.3 Å². The summed E-state index contributed by atoms with van der Waals surface area (Å²) in [5, 5.41) is 13.0. The molecule has 152 valence electrons. The average molecular weight is 414 g/mol. The summed E-state index contributed by atoms with van der Waals surface area (Å²) < 4.78 is 6.51. The maximum absolute atomic E-state index is 12.0. The Kier molecular flexibility index (Phi) is 6.96. The lowest BCUT2D eigenvalue weighted by Gasteiger charge is -2.08. The summed E-state index contributed by atoms with van der Waals surface area (Å²) in [6, 6.07) is 8.48. The van der Waals surface area contributed by atoms with Gasteiger partial charge in [0.15, 0.2) is 5.69 Å². The standard InChI is InChI=1S/C20H23N5O3S/c1-3-18-22-15(13-29-18)9-11-21-20(27)23-14-5-7-16(8-6-14)25-12-10-17(24-25)19(26)28-4-2/h5-8,10,12-13H,3-4,9,11H2,1-2H3,(H2,21,23,27). The molecule has 0 aliphatic rings. The van der Waals surface area contributed by atoms with Gasteiger partial charge in [0.05, 0.1) is 23.0 Å². The van der Waals surface area contributed by atoms with Gasteiger partial charge in [-0.2, -0.15) is 5.10 Å². The van der Waals surface area contributed by atoms with E-state index >= 15 is 0 Å². The molecule has 0 bridgehead atoms. The van der Waals surface area contributed by atoms with Crippen LogP contribution in [0, 0.1) is 0 Å². The Morgan fingerprint density at radius 2 is 1.97 bits per heavy atom. The molecule has 29 heavy (non-hydrogen) atoms. The number of amides is 2. The number of rotatable bonds is 8. The normalized spacial score (nSPS) is 10.6. The van der Waals surface area contributed by atoms with Crippen molar-refractivity contribution in [3.63, 3.8) is 0 Å². The van der Waals surface area contributed by atoms with Gasteiger partial charge >= 0.3 is 12.0 Å². The van der Waals surface area contributed by atoms with Crippen molar-refractivity contribution in [3.05, 3.63) is 58.3 Å². The molecule has 0 saturated carbocycles. The predicted molar refractivity (Wildman–Crippen MR) is 112 cm³/mol. The molecule has 2 heterocycles. The molecule has 0 spiro atoms. The molecular weight excluding hydrogens is 390 g/mol. The number of carbonyl (C=O) groups is 2. The van der Waals surface area contributed by atoms with Gasteiger partial charge in [-0.25, -0.2) is 19.3 Å². The monoisotopic (exact) mass is 413 g/mol. The summed E-state index contributed by atoms with van der Waals surface area (Å²) in [6.07, 6.45) is 3.31. The summed E-state index contributed by atoms with van der Waals surface area (Å²) >= 11 is 1.64. The third-order valence-corrected chi connectivity index (χ3v) is 5.07. The highest BCUT2D eigenvalue weighted by atomic mass is 32.1. The molecule has 0 fully saturated rings. The number of aryl methyl sites for hydroxylation is 1. The van der Waals surface area contributed by atoms with Gasteiger partial charge < -0.3 is 15.4 Å². The van der Waals surface area contributed by atoms with Crippen LogP contribution < -0.4 is 10.6 Å². The van der Waals surface area contributed by atoms with Gasteiger partial charge in [-0.15, -0.1) is 11.3 Å². The Bertz CT molecular complexity index is 965. The second-order valence-corrected chi connectivity index (χ2v) is 7.07. The first kappa shape index (κ1) is 20.5. The molecule has 0 aliphatic heterocycles. The molecule has 8 nitrogen and oxygen atoms in total. The summed E-state index contributed by atoms with van der Waals surface area (Å²) in [5.74, 6) is -0.454. The van der Waals surface area contributed by atoms with Crippen LogP contribution in [0.3, 0.4) is 0 Å². The molecule has 2 amide bonds. The first-order chi connectivity index (χ1) is 14.1. The molecular formula is C20H23N5O3S. The molecule has 1 aromatic carbocycles. The fourth-order valence-electron chi connectivity index (χ4n) is 2.58. The largest absolute Gasteiger partial charge is 0.461 e. The van der Waals surface area contributed by atoms with E-state index in [0.717, 1.165) is 22.8 Å². The van der Waals surface area contributed by atoms with E-state index in [9.17, 15) is 9.59 Å². The Labute approximate surface area is 172 Å². The minimum atomic E-state index is -0.454. The summed E-state index contributed by atoms with van der Waals surface area (Å²) in [7, 11) is 0. The number of hydrogen-bond donors (Lipinski definition) is 2. The Balaban J connectivity index is 1.49. The van der Waals surface area contributed by atoms with Gasteiger partial charge in [0.25, 0.3) is 0 Å². The third-order valence-electron chi connectivity index (χ3n) is 4.03. The zero-order chi connectivity index (χ0) is 20.6. The number of anilines is 1. The number of aromatic nitrogens is 3. The fraction of sp³-hybridized carbons (Fsp3) is 0.300. The number of nitrogens with zero attached hydrogens (tertiary/aromatic N) is 3. The van der Waals surface area contributed by atoms with Crippen molar-refractivity contribution in [1.82, 2.24) is 20.1 Å². The van der Waals surface area contributed by atoms with Crippen LogP contribution in [0.4, 0.5) is 10.5 Å². The first-order valence-electron chi connectivity index (χ1n) is 9.40. The smallest absolute Gasteiger partial charge is 0.358 e. The number of thiazole rings is 1. The summed E-state index contributed by atoms with van der Waals surface area (Å²) in [6.45, 7) is 4.64. The lowest BCUT2D eigenvalue weighted by Crippen LogP contribution is -2.30. The van der Waals surface area contributed by atoms with Crippen LogP contribution >= 0.6 is 11.3 Å². The highest BCUT2D eigenvalue weighted by Crippen LogP contribution is 2.14. The minimum absolute atomic E-state index is 0.250. The van der Waals surface area contributed by atoms with Crippen LogP contribution in [0.5, 0.6) is 0 Å². The molecule has 0 saturated heterocycles. The fourth-order valence-corrected chi connectivity index (χ4v) is 3.36. The summed E-state index contributed by atoms with van der Waals surface area (Å²) in [5.41, 5.74) is 2.67. The zero-order valence-electron chi connectivity index (χ0n) is 16.3. The van der Waals surface area contributed by atoms with Crippen molar-refractivity contribution in [2.45, 2.75) is 26.7 Å². The number of carbonyl (C=O) groups excluding carboxylic acids is 2. The van der Waals surface area contributed by atoms with Crippen LogP contribution in [-0.2, 0) is 17.6 Å². The van der Waals surface area contributed by atoms with Crippen molar-refractivity contribution >= 4 is 29.0 Å². The SMILES string of the molecule is CCOC(=O)c1ccn(-c2ccc(NC(=O)NCCc3csc(CC)n3)cc2)n1. The van der Waals surface area contributed by atoms with Gasteiger partial charge in [0, 0.05) is 30.2 Å². The minimum Gasteiger partial charge on any atom is -0.461 e. The van der Waals surface area contributed by atoms with Crippen molar-refractivity contribution in [1.29, 1.82) is 0 Å². The lowest BCUT2D eigenvalue weighted by atomic mass is 10.3. The van der Waals surface area contributed by atoms with Crippen LogP contribution in [0.2, 0.25) is 0 Å². The van der Waals surface area contributed by atoms with Gasteiger partial charge in [-0.1, -0.05) is 6.92 Å². The van der Waals surface area contributed by atoms with Crippen LogP contribution in [0.25, 0.3) is 5.69 Å². The zero-order valence-corrected chi connectivity index (χ0v) is 17.2. The highest BCUT2D eigenvalue weighted by molar-refractivity contribution is 7.09. The van der Waals surface area contributed by atoms with Crippen LogP contribution in [0.15, 0.2) is 41.9 Å². The second kappa shape index (κ2) is 9.83. The van der Waals surface area contributed by atoms with E-state index in [0.29, 0.717) is 25.3 Å². The number of hydrogen-bond acceptors (Lipinski definition) is 6. The summed E-state index contributed by atoms with van der Waals surface area (Å²) in [4.78, 5) is 28.2. The molecule has 0 aliphatic carbocycles. The maximum atomic E-state index is 12.0. The molecule has 9 heteroatoms. The number of esters is 1. The molecule has 0 radical (unpaired) electrons. The lowest BCUT2D eigenvalue weighted by molar-refractivity contribution is 0.0519. The maximum Gasteiger partial charge on any atom is 0.358 e. The molecule has 2 N–H and O–H groups in total. The van der Waals surface area contributed by atoms with Crippen molar-refractivity contribution in [3.8, 4) is 5.69 Å². The molecule has 3 rings (SSSR count). The third kappa shape index (κ3) is 5.64. The number of benzene rings is 1. The average Bonchev–Trinajstić information content (AvgIpc) is 3.38. The molecule has 3 aromatic rings. The first-order valence-corrected chi connectivity index (χ1v) is 10.3. The van der Waals surface area contributed by atoms with Gasteiger partial charge in [-0.05, 0) is 43.7 Å². The van der Waals surface area contributed by atoms with E-state index in [1.165, 1.54) is 0 Å². The van der Waals surface area contributed by atoms with E-state index in [1.54, 1.807) is 59.5 Å². The predicted octanol–water partition coefficient (Wildman–Crippen LogP) is 3.43. The van der Waals surface area contributed by atoms with E-state index in [-0.39, 0.29) is 11.7 Å². The topological polar surface area (TPSA) is 98.1 Å². The van der Waals surface area contributed by atoms with E-state index < -0.39 is 5.97 Å². The number of nitrogens with one attached hydrogen (secondary N) is 2. The van der Waals surface area contributed by atoms with E-state index in [1.807, 2.05) is 5.38 Å². The van der Waals surface area contributed by atoms with Crippen LogP contribution in [0.1, 0.15) is 35.0 Å². The number of urea groups is 1. The second-order valence-electron chi connectivity index (χ2n) is 6.13.